The first-order valence-electron chi connectivity index (χ1n) is 5.55. The molecular weight excluding hydrogens is 234 g/mol. The highest BCUT2D eigenvalue weighted by molar-refractivity contribution is 5.95. The third-order valence-electron chi connectivity index (χ3n) is 2.18. The van der Waals surface area contributed by atoms with Crippen molar-refractivity contribution in [3.63, 3.8) is 0 Å². The fraction of sp³-hybridized carbons (Fsp3) is 0.333. The van der Waals surface area contributed by atoms with Crippen LogP contribution in [0.3, 0.4) is 0 Å². The summed E-state index contributed by atoms with van der Waals surface area (Å²) in [6, 6.07) is 7.04. The highest BCUT2D eigenvalue weighted by Crippen LogP contribution is 2.12. The van der Waals surface area contributed by atoms with E-state index in [9.17, 15) is 9.59 Å². The summed E-state index contributed by atoms with van der Waals surface area (Å²) in [6.07, 6.45) is -0.686. The van der Waals surface area contributed by atoms with Crippen molar-refractivity contribution < 1.29 is 14.3 Å². The highest BCUT2D eigenvalue weighted by Gasteiger charge is 2.08. The summed E-state index contributed by atoms with van der Waals surface area (Å²) in [5.41, 5.74) is 5.78. The summed E-state index contributed by atoms with van der Waals surface area (Å²) >= 11 is 0. The van der Waals surface area contributed by atoms with Gasteiger partial charge in [-0.15, -0.1) is 0 Å². The second-order valence-corrected chi connectivity index (χ2v) is 3.74. The third kappa shape index (κ3) is 3.97. The molecule has 0 saturated heterocycles. The quantitative estimate of drug-likeness (QED) is 0.790. The minimum absolute atomic E-state index is 0.248. The number of carbonyl (C=O) groups is 2. The molecule has 0 heterocycles. The number of nitrogens with one attached hydrogen (secondary N) is 2. The molecule has 0 fully saturated rings. The lowest BCUT2D eigenvalue weighted by Crippen LogP contribution is -2.41. The van der Waals surface area contributed by atoms with E-state index in [1.54, 1.807) is 25.1 Å². The Hall–Kier alpha value is -2.24. The molecule has 0 aromatic heterocycles. The van der Waals surface area contributed by atoms with E-state index in [1.165, 1.54) is 0 Å². The summed E-state index contributed by atoms with van der Waals surface area (Å²) in [7, 11) is 3.77. The number of hydrogen-bond acceptors (Lipinski definition) is 4. The predicted octanol–water partition coefficient (Wildman–Crippen LogP) is 1.14. The Labute approximate surface area is 106 Å². The van der Waals surface area contributed by atoms with Crippen LogP contribution in [-0.4, -0.2) is 32.7 Å². The Morgan fingerprint density at radius 3 is 2.61 bits per heavy atom. The maximum Gasteiger partial charge on any atom is 0.426 e. The molecule has 0 aliphatic carbocycles. The molecule has 0 bridgehead atoms. The molecule has 0 aliphatic heterocycles. The Balaban J connectivity index is 2.61. The SMILES string of the molecule is CCOC(=O)NNC(=O)c1cccc(N(C)C)c1. The van der Waals surface area contributed by atoms with Gasteiger partial charge in [-0.2, -0.15) is 0 Å². The van der Waals surface area contributed by atoms with Gasteiger partial charge >= 0.3 is 6.09 Å². The molecule has 6 nitrogen and oxygen atoms in total. The van der Waals surface area contributed by atoms with Gasteiger partial charge in [0.2, 0.25) is 0 Å². The summed E-state index contributed by atoms with van der Waals surface area (Å²) in [6.45, 7) is 1.93. The maximum atomic E-state index is 11.7. The van der Waals surface area contributed by atoms with E-state index < -0.39 is 12.0 Å². The molecule has 1 aromatic carbocycles. The zero-order chi connectivity index (χ0) is 13.5. The van der Waals surface area contributed by atoms with Gasteiger partial charge in [0.1, 0.15) is 0 Å². The molecule has 1 aromatic rings. The third-order valence-corrected chi connectivity index (χ3v) is 2.18. The Bertz CT molecular complexity index is 432. The van der Waals surface area contributed by atoms with Crippen LogP contribution in [0.4, 0.5) is 10.5 Å². The molecule has 0 spiro atoms. The average Bonchev–Trinajstić information content (AvgIpc) is 2.36. The number of hydrogen-bond donors (Lipinski definition) is 2. The van der Waals surface area contributed by atoms with E-state index in [0.29, 0.717) is 5.56 Å². The van der Waals surface area contributed by atoms with Gasteiger partial charge in [0.05, 0.1) is 6.61 Å². The number of rotatable bonds is 3. The number of anilines is 1. The minimum atomic E-state index is -0.686. The van der Waals surface area contributed by atoms with E-state index in [1.807, 2.05) is 25.1 Å². The molecule has 0 saturated carbocycles. The van der Waals surface area contributed by atoms with Crippen molar-refractivity contribution in [1.82, 2.24) is 10.9 Å². The van der Waals surface area contributed by atoms with Crippen molar-refractivity contribution in [2.45, 2.75) is 6.92 Å². The lowest BCUT2D eigenvalue weighted by atomic mass is 10.2. The monoisotopic (exact) mass is 251 g/mol. The van der Waals surface area contributed by atoms with Gasteiger partial charge in [-0.1, -0.05) is 6.07 Å². The van der Waals surface area contributed by atoms with E-state index >= 15 is 0 Å². The van der Waals surface area contributed by atoms with Crippen molar-refractivity contribution in [3.05, 3.63) is 29.8 Å². The summed E-state index contributed by atoms with van der Waals surface area (Å²) in [5.74, 6) is -0.397. The van der Waals surface area contributed by atoms with Crippen LogP contribution in [0.25, 0.3) is 0 Å². The van der Waals surface area contributed by atoms with E-state index in [0.717, 1.165) is 5.69 Å². The zero-order valence-electron chi connectivity index (χ0n) is 10.7. The van der Waals surface area contributed by atoms with Crippen molar-refractivity contribution in [3.8, 4) is 0 Å². The summed E-state index contributed by atoms with van der Waals surface area (Å²) in [4.78, 5) is 24.6. The topological polar surface area (TPSA) is 70.7 Å². The van der Waals surface area contributed by atoms with E-state index in [-0.39, 0.29) is 6.61 Å². The smallest absolute Gasteiger partial charge is 0.426 e. The van der Waals surface area contributed by atoms with Crippen LogP contribution in [0.2, 0.25) is 0 Å². The number of hydrazine groups is 1. The Morgan fingerprint density at radius 2 is 2.00 bits per heavy atom. The fourth-order valence-electron chi connectivity index (χ4n) is 1.27. The van der Waals surface area contributed by atoms with Gasteiger partial charge in [-0.25, -0.2) is 10.2 Å². The summed E-state index contributed by atoms with van der Waals surface area (Å²) in [5, 5.41) is 0. The van der Waals surface area contributed by atoms with Crippen LogP contribution in [0, 0.1) is 0 Å². The first kappa shape index (κ1) is 13.8. The molecular formula is C12H17N3O3. The molecule has 1 rings (SSSR count). The van der Waals surface area contributed by atoms with Gasteiger partial charge in [0.25, 0.3) is 5.91 Å². The normalized spacial score (nSPS) is 9.50. The van der Waals surface area contributed by atoms with Crippen LogP contribution >= 0.6 is 0 Å². The molecule has 98 valence electrons. The van der Waals surface area contributed by atoms with Crippen LogP contribution < -0.4 is 15.8 Å². The molecule has 0 atom stereocenters. The number of benzene rings is 1. The molecule has 2 amide bonds. The van der Waals surface area contributed by atoms with Gasteiger partial charge in [0, 0.05) is 25.3 Å². The van der Waals surface area contributed by atoms with Gasteiger partial charge in [-0.05, 0) is 25.1 Å². The molecule has 2 N–H and O–H groups in total. The van der Waals surface area contributed by atoms with Crippen LogP contribution in [0.5, 0.6) is 0 Å². The van der Waals surface area contributed by atoms with Gasteiger partial charge < -0.3 is 9.64 Å². The van der Waals surface area contributed by atoms with Gasteiger partial charge in [0.15, 0.2) is 0 Å². The van der Waals surface area contributed by atoms with Crippen molar-refractivity contribution in [1.29, 1.82) is 0 Å². The minimum Gasteiger partial charge on any atom is -0.449 e. The Kier molecular flexibility index (Phi) is 4.98. The van der Waals surface area contributed by atoms with E-state index in [4.69, 9.17) is 0 Å². The van der Waals surface area contributed by atoms with Gasteiger partial charge in [-0.3, -0.25) is 10.2 Å². The number of carbonyl (C=O) groups excluding carboxylic acids is 2. The van der Waals surface area contributed by atoms with Crippen molar-refractivity contribution in [2.75, 3.05) is 25.6 Å². The number of nitrogens with zero attached hydrogens (tertiary/aromatic N) is 1. The van der Waals surface area contributed by atoms with Crippen LogP contribution in [0.15, 0.2) is 24.3 Å². The standard InChI is InChI=1S/C12H17N3O3/c1-4-18-12(17)14-13-11(16)9-6-5-7-10(8-9)15(2)3/h5-8H,4H2,1-3H3,(H,13,16)(H,14,17). The first-order chi connectivity index (χ1) is 8.54. The predicted molar refractivity (Wildman–Crippen MR) is 68.4 cm³/mol. The second kappa shape index (κ2) is 6.48. The average molecular weight is 251 g/mol. The highest BCUT2D eigenvalue weighted by atomic mass is 16.5. The van der Waals surface area contributed by atoms with Crippen LogP contribution in [-0.2, 0) is 4.74 Å². The van der Waals surface area contributed by atoms with Crippen LogP contribution in [0.1, 0.15) is 17.3 Å². The number of ether oxygens (including phenoxy) is 1. The molecule has 6 heteroatoms. The lowest BCUT2D eigenvalue weighted by molar-refractivity contribution is 0.0912. The summed E-state index contributed by atoms with van der Waals surface area (Å²) < 4.78 is 4.62. The number of amides is 2. The van der Waals surface area contributed by atoms with Crippen molar-refractivity contribution >= 4 is 17.7 Å². The molecule has 0 unspecified atom stereocenters. The molecule has 0 aliphatic rings. The van der Waals surface area contributed by atoms with E-state index in [2.05, 4.69) is 15.6 Å². The Morgan fingerprint density at radius 1 is 1.28 bits per heavy atom. The zero-order valence-corrected chi connectivity index (χ0v) is 10.7. The maximum absolute atomic E-state index is 11.7. The fourth-order valence-corrected chi connectivity index (χ4v) is 1.27. The lowest BCUT2D eigenvalue weighted by Gasteiger charge is -2.13. The second-order valence-electron chi connectivity index (χ2n) is 3.74. The molecule has 18 heavy (non-hydrogen) atoms. The molecule has 0 radical (unpaired) electrons. The first-order valence-corrected chi connectivity index (χ1v) is 5.55. The largest absolute Gasteiger partial charge is 0.449 e. The van der Waals surface area contributed by atoms with Crippen molar-refractivity contribution in [2.24, 2.45) is 0 Å².